The van der Waals surface area contributed by atoms with Gasteiger partial charge in [0.1, 0.15) is 5.75 Å². The van der Waals surface area contributed by atoms with Gasteiger partial charge in [-0.25, -0.2) is 0 Å². The van der Waals surface area contributed by atoms with Crippen molar-refractivity contribution >= 4 is 5.71 Å². The molecule has 0 unspecified atom stereocenters. The third-order valence-electron chi connectivity index (χ3n) is 3.04. The lowest BCUT2D eigenvalue weighted by Crippen LogP contribution is -2.11. The number of nitrogens with one attached hydrogen (secondary N) is 1. The minimum atomic E-state index is 0.742. The highest BCUT2D eigenvalue weighted by atomic mass is 16.5. The minimum Gasteiger partial charge on any atom is -0.496 e. The average Bonchev–Trinajstić information content (AvgIpc) is 2.33. The topological polar surface area (TPSA) is 33.6 Å². The molecule has 0 radical (unpaired) electrons. The first-order valence-electron chi connectivity index (χ1n) is 5.99. The van der Waals surface area contributed by atoms with Crippen molar-refractivity contribution in [3.8, 4) is 5.75 Å². The molecule has 94 valence electrons. The number of ether oxygens (including phenoxy) is 1. The number of rotatable bonds is 5. The molecule has 0 fully saturated rings. The molecule has 0 aliphatic heterocycles. The first-order chi connectivity index (χ1) is 8.10. The zero-order valence-corrected chi connectivity index (χ0v) is 11.4. The molecule has 1 N–H and O–H groups in total. The standard InChI is InChI=1S/C14H22N2O/c1-6-11(3)16-15-9-13-10(2)7-8-14(17-5)12(13)4/h7-8,15H,6,9H2,1-5H3/b16-11-. The van der Waals surface area contributed by atoms with Crippen molar-refractivity contribution in [1.29, 1.82) is 0 Å². The molecule has 0 amide bonds. The first kappa shape index (κ1) is 13.6. The van der Waals surface area contributed by atoms with E-state index in [-0.39, 0.29) is 0 Å². The molecule has 0 saturated carbocycles. The van der Waals surface area contributed by atoms with Gasteiger partial charge in [-0.1, -0.05) is 13.0 Å². The fourth-order valence-corrected chi connectivity index (χ4v) is 1.70. The third-order valence-corrected chi connectivity index (χ3v) is 3.04. The highest BCUT2D eigenvalue weighted by Crippen LogP contribution is 2.24. The Morgan fingerprint density at radius 1 is 1.35 bits per heavy atom. The zero-order valence-electron chi connectivity index (χ0n) is 11.4. The highest BCUT2D eigenvalue weighted by Gasteiger charge is 2.07. The van der Waals surface area contributed by atoms with Crippen LogP contribution >= 0.6 is 0 Å². The second-order valence-electron chi connectivity index (χ2n) is 4.22. The van der Waals surface area contributed by atoms with Crippen LogP contribution in [0.5, 0.6) is 5.75 Å². The van der Waals surface area contributed by atoms with Crippen LogP contribution < -0.4 is 10.2 Å². The maximum atomic E-state index is 5.33. The summed E-state index contributed by atoms with van der Waals surface area (Å²) in [5.41, 5.74) is 7.94. The molecule has 0 saturated heterocycles. The maximum Gasteiger partial charge on any atom is 0.122 e. The van der Waals surface area contributed by atoms with Gasteiger partial charge in [0, 0.05) is 5.71 Å². The summed E-state index contributed by atoms with van der Waals surface area (Å²) in [6.45, 7) is 9.06. The summed E-state index contributed by atoms with van der Waals surface area (Å²) in [6, 6.07) is 4.09. The number of benzene rings is 1. The van der Waals surface area contributed by atoms with Gasteiger partial charge in [-0.15, -0.1) is 0 Å². The van der Waals surface area contributed by atoms with Crippen LogP contribution in [0.2, 0.25) is 0 Å². The summed E-state index contributed by atoms with van der Waals surface area (Å²) in [6.07, 6.45) is 0.975. The molecule has 0 bridgehead atoms. The van der Waals surface area contributed by atoms with Crippen molar-refractivity contribution < 1.29 is 4.74 Å². The Hall–Kier alpha value is -1.51. The smallest absolute Gasteiger partial charge is 0.122 e. The van der Waals surface area contributed by atoms with Gasteiger partial charge >= 0.3 is 0 Å². The first-order valence-corrected chi connectivity index (χ1v) is 5.99. The number of nitrogens with zero attached hydrogens (tertiary/aromatic N) is 1. The Labute approximate surface area is 104 Å². The lowest BCUT2D eigenvalue weighted by Gasteiger charge is -2.13. The van der Waals surface area contributed by atoms with Crippen LogP contribution in [0.25, 0.3) is 0 Å². The van der Waals surface area contributed by atoms with Crippen LogP contribution in [-0.2, 0) is 6.54 Å². The van der Waals surface area contributed by atoms with Crippen LogP contribution in [0.1, 0.15) is 37.0 Å². The van der Waals surface area contributed by atoms with Gasteiger partial charge in [0.2, 0.25) is 0 Å². The molecule has 3 nitrogen and oxygen atoms in total. The molecule has 0 atom stereocenters. The van der Waals surface area contributed by atoms with Crippen LogP contribution in [0.3, 0.4) is 0 Å². The molecular formula is C14H22N2O. The van der Waals surface area contributed by atoms with E-state index in [1.807, 2.05) is 13.0 Å². The van der Waals surface area contributed by atoms with Crippen molar-refractivity contribution in [2.75, 3.05) is 7.11 Å². The molecule has 0 aliphatic rings. The van der Waals surface area contributed by atoms with Crippen molar-refractivity contribution in [2.45, 2.75) is 40.7 Å². The SMILES string of the molecule is CC/C(C)=N\NCc1c(C)ccc(OC)c1C. The average molecular weight is 234 g/mol. The number of hydrazone groups is 1. The van der Waals surface area contributed by atoms with Gasteiger partial charge in [0.25, 0.3) is 0 Å². The summed E-state index contributed by atoms with van der Waals surface area (Å²) in [4.78, 5) is 0. The van der Waals surface area contributed by atoms with E-state index in [2.05, 4.69) is 37.4 Å². The second kappa shape index (κ2) is 6.28. The number of methoxy groups -OCH3 is 1. The monoisotopic (exact) mass is 234 g/mol. The van der Waals surface area contributed by atoms with E-state index in [0.717, 1.165) is 24.4 Å². The molecule has 0 heterocycles. The van der Waals surface area contributed by atoms with Crippen LogP contribution in [-0.4, -0.2) is 12.8 Å². The molecule has 0 aromatic heterocycles. The van der Waals surface area contributed by atoms with E-state index in [0.29, 0.717) is 0 Å². The predicted octanol–water partition coefficient (Wildman–Crippen LogP) is 3.19. The van der Waals surface area contributed by atoms with E-state index in [4.69, 9.17) is 4.74 Å². The van der Waals surface area contributed by atoms with Crippen molar-refractivity contribution in [1.82, 2.24) is 5.43 Å². The van der Waals surface area contributed by atoms with E-state index >= 15 is 0 Å². The minimum absolute atomic E-state index is 0.742. The van der Waals surface area contributed by atoms with Crippen LogP contribution in [0.15, 0.2) is 17.2 Å². The lowest BCUT2D eigenvalue weighted by atomic mass is 10.0. The fourth-order valence-electron chi connectivity index (χ4n) is 1.70. The van der Waals surface area contributed by atoms with Gasteiger partial charge in [0.15, 0.2) is 0 Å². The van der Waals surface area contributed by atoms with E-state index in [9.17, 15) is 0 Å². The van der Waals surface area contributed by atoms with Crippen molar-refractivity contribution in [3.63, 3.8) is 0 Å². The molecule has 0 aliphatic carbocycles. The van der Waals surface area contributed by atoms with Crippen LogP contribution in [0, 0.1) is 13.8 Å². The van der Waals surface area contributed by atoms with Gasteiger partial charge in [-0.05, 0) is 49.9 Å². The Bertz CT molecular complexity index is 411. The Kier molecular flexibility index (Phi) is 5.01. The number of aryl methyl sites for hydroxylation is 1. The van der Waals surface area contributed by atoms with Gasteiger partial charge in [-0.3, -0.25) is 0 Å². The fraction of sp³-hybridized carbons (Fsp3) is 0.500. The quantitative estimate of drug-likeness (QED) is 0.627. The molecule has 17 heavy (non-hydrogen) atoms. The largest absolute Gasteiger partial charge is 0.496 e. The normalized spacial score (nSPS) is 11.5. The Morgan fingerprint density at radius 3 is 2.65 bits per heavy atom. The van der Waals surface area contributed by atoms with Crippen LogP contribution in [0.4, 0.5) is 0 Å². The molecule has 1 aromatic rings. The lowest BCUT2D eigenvalue weighted by molar-refractivity contribution is 0.410. The number of hydrogen-bond donors (Lipinski definition) is 1. The highest BCUT2D eigenvalue weighted by molar-refractivity contribution is 5.81. The summed E-state index contributed by atoms with van der Waals surface area (Å²) in [5, 5.41) is 4.30. The van der Waals surface area contributed by atoms with Crippen molar-refractivity contribution in [2.24, 2.45) is 5.10 Å². The molecule has 0 spiro atoms. The molecule has 1 aromatic carbocycles. The molecule has 3 heteroatoms. The Balaban J connectivity index is 2.83. The van der Waals surface area contributed by atoms with E-state index in [1.54, 1.807) is 7.11 Å². The predicted molar refractivity (Wildman–Crippen MR) is 72.7 cm³/mol. The molecule has 1 rings (SSSR count). The zero-order chi connectivity index (χ0) is 12.8. The van der Waals surface area contributed by atoms with E-state index < -0.39 is 0 Å². The summed E-state index contributed by atoms with van der Waals surface area (Å²) >= 11 is 0. The van der Waals surface area contributed by atoms with Gasteiger partial charge in [0.05, 0.1) is 13.7 Å². The molecular weight excluding hydrogens is 212 g/mol. The van der Waals surface area contributed by atoms with Gasteiger partial charge < -0.3 is 10.2 Å². The third kappa shape index (κ3) is 3.48. The van der Waals surface area contributed by atoms with E-state index in [1.165, 1.54) is 16.7 Å². The summed E-state index contributed by atoms with van der Waals surface area (Å²) in [7, 11) is 1.70. The second-order valence-corrected chi connectivity index (χ2v) is 4.22. The summed E-state index contributed by atoms with van der Waals surface area (Å²) < 4.78 is 5.33. The summed E-state index contributed by atoms with van der Waals surface area (Å²) in [5.74, 6) is 0.934. The van der Waals surface area contributed by atoms with Crippen molar-refractivity contribution in [3.05, 3.63) is 28.8 Å². The maximum absolute atomic E-state index is 5.33. The number of hydrogen-bond acceptors (Lipinski definition) is 3. The Morgan fingerprint density at radius 2 is 2.06 bits per heavy atom. The van der Waals surface area contributed by atoms with Gasteiger partial charge in [-0.2, -0.15) is 5.10 Å².